The third-order valence-electron chi connectivity index (χ3n) is 5.38. The normalized spacial score (nSPS) is 15.1. The molecular formula is C24H18FN3O3S. The number of benzene rings is 2. The number of aromatic nitrogens is 2. The van der Waals surface area contributed by atoms with Crippen LogP contribution in [0.2, 0.25) is 0 Å². The molecule has 1 N–H and O–H groups in total. The number of hydrogen-bond acceptors (Lipinski definition) is 5. The number of thiophene rings is 1. The standard InChI is InChI=1S/C24H18FN3O3S/c1-2-31-24(30)14-9-11-15(12-10-14)28-22(16-6-3-4-7-17(16)25)19-20(18-8-5-13-32-18)26-27-21(19)23(28)29/h3-13,22H,2H2,1H3,(H,26,27)/t22-/m0/s1. The highest BCUT2D eigenvalue weighted by molar-refractivity contribution is 7.13. The third-order valence-corrected chi connectivity index (χ3v) is 6.27. The molecule has 3 heterocycles. The van der Waals surface area contributed by atoms with E-state index in [0.717, 1.165) is 4.88 Å². The summed E-state index contributed by atoms with van der Waals surface area (Å²) in [5.41, 5.74) is 2.87. The van der Waals surface area contributed by atoms with Gasteiger partial charge in [0, 0.05) is 16.8 Å². The van der Waals surface area contributed by atoms with Crippen LogP contribution < -0.4 is 4.90 Å². The molecule has 0 aliphatic carbocycles. The fraction of sp³-hybridized carbons (Fsp3) is 0.125. The first-order valence-electron chi connectivity index (χ1n) is 10.1. The Balaban J connectivity index is 1.65. The van der Waals surface area contributed by atoms with Crippen LogP contribution in [0.4, 0.5) is 10.1 Å². The molecule has 0 fully saturated rings. The van der Waals surface area contributed by atoms with E-state index in [-0.39, 0.29) is 18.2 Å². The first-order valence-corrected chi connectivity index (χ1v) is 11.0. The van der Waals surface area contributed by atoms with Crippen LogP contribution in [0, 0.1) is 5.82 Å². The number of aromatic amines is 1. The molecule has 6 nitrogen and oxygen atoms in total. The maximum atomic E-state index is 15.0. The van der Waals surface area contributed by atoms with E-state index in [4.69, 9.17) is 4.74 Å². The Hall–Kier alpha value is -3.78. The number of esters is 1. The van der Waals surface area contributed by atoms with E-state index in [1.54, 1.807) is 49.4 Å². The van der Waals surface area contributed by atoms with Gasteiger partial charge in [-0.25, -0.2) is 9.18 Å². The van der Waals surface area contributed by atoms with E-state index in [0.29, 0.717) is 28.1 Å². The topological polar surface area (TPSA) is 75.3 Å². The van der Waals surface area contributed by atoms with Gasteiger partial charge in [-0.3, -0.25) is 14.8 Å². The fourth-order valence-electron chi connectivity index (χ4n) is 3.98. The monoisotopic (exact) mass is 447 g/mol. The summed E-state index contributed by atoms with van der Waals surface area (Å²) in [5, 5.41) is 9.18. The summed E-state index contributed by atoms with van der Waals surface area (Å²) in [7, 11) is 0. The molecule has 1 aliphatic rings. The van der Waals surface area contributed by atoms with Crippen molar-refractivity contribution in [3.05, 3.63) is 94.2 Å². The summed E-state index contributed by atoms with van der Waals surface area (Å²) in [4.78, 5) is 27.9. The Morgan fingerprint density at radius 1 is 1.16 bits per heavy atom. The molecule has 5 rings (SSSR count). The SMILES string of the molecule is CCOC(=O)c1ccc(N2C(=O)c3n[nH]c(-c4cccs4)c3[C@@H]2c2ccccc2F)cc1. The number of nitrogens with zero attached hydrogens (tertiary/aromatic N) is 2. The minimum Gasteiger partial charge on any atom is -0.462 e. The lowest BCUT2D eigenvalue weighted by Gasteiger charge is -2.27. The van der Waals surface area contributed by atoms with Gasteiger partial charge >= 0.3 is 5.97 Å². The number of carbonyl (C=O) groups excluding carboxylic acids is 2. The average Bonchev–Trinajstić information content (AvgIpc) is 3.52. The zero-order chi connectivity index (χ0) is 22.2. The molecule has 0 unspecified atom stereocenters. The predicted octanol–water partition coefficient (Wildman–Crippen LogP) is 5.20. The van der Waals surface area contributed by atoms with Crippen LogP contribution in [0.25, 0.3) is 10.6 Å². The molecule has 2 aromatic heterocycles. The van der Waals surface area contributed by atoms with Crippen LogP contribution >= 0.6 is 11.3 Å². The van der Waals surface area contributed by atoms with E-state index >= 15 is 0 Å². The minimum atomic E-state index is -0.706. The number of fused-ring (bicyclic) bond motifs is 1. The highest BCUT2D eigenvalue weighted by atomic mass is 32.1. The Bertz CT molecular complexity index is 1300. The maximum Gasteiger partial charge on any atom is 0.338 e. The second kappa shape index (κ2) is 8.05. The summed E-state index contributed by atoms with van der Waals surface area (Å²) in [5.74, 6) is -1.19. The van der Waals surface area contributed by atoms with Crippen molar-refractivity contribution in [2.45, 2.75) is 13.0 Å². The first kappa shape index (κ1) is 20.1. The lowest BCUT2D eigenvalue weighted by atomic mass is 9.97. The lowest BCUT2D eigenvalue weighted by molar-refractivity contribution is 0.0526. The summed E-state index contributed by atoms with van der Waals surface area (Å²) >= 11 is 1.51. The van der Waals surface area contributed by atoms with Crippen molar-refractivity contribution >= 4 is 28.9 Å². The molecule has 0 spiro atoms. The molecule has 1 amide bonds. The minimum absolute atomic E-state index is 0.260. The van der Waals surface area contributed by atoms with Gasteiger partial charge < -0.3 is 4.74 Å². The van der Waals surface area contributed by atoms with Gasteiger partial charge in [-0.05, 0) is 48.7 Å². The second-order valence-corrected chi connectivity index (χ2v) is 8.15. The van der Waals surface area contributed by atoms with Crippen LogP contribution in [0.15, 0.2) is 66.0 Å². The predicted molar refractivity (Wildman–Crippen MR) is 119 cm³/mol. The van der Waals surface area contributed by atoms with Crippen molar-refractivity contribution in [3.63, 3.8) is 0 Å². The number of ether oxygens (including phenoxy) is 1. The highest BCUT2D eigenvalue weighted by Crippen LogP contribution is 2.46. The van der Waals surface area contributed by atoms with Crippen LogP contribution in [0.5, 0.6) is 0 Å². The first-order chi connectivity index (χ1) is 15.6. The van der Waals surface area contributed by atoms with Gasteiger partial charge in [0.1, 0.15) is 5.82 Å². The molecule has 4 aromatic rings. The van der Waals surface area contributed by atoms with Gasteiger partial charge in [-0.1, -0.05) is 24.3 Å². The molecule has 160 valence electrons. The summed E-state index contributed by atoms with van der Waals surface area (Å²) in [6, 6.07) is 16.1. The van der Waals surface area contributed by atoms with Crippen molar-refractivity contribution in [1.29, 1.82) is 0 Å². The van der Waals surface area contributed by atoms with E-state index in [9.17, 15) is 14.0 Å². The number of carbonyl (C=O) groups is 2. The molecule has 32 heavy (non-hydrogen) atoms. The number of hydrogen-bond donors (Lipinski definition) is 1. The fourth-order valence-corrected chi connectivity index (χ4v) is 4.71. The van der Waals surface area contributed by atoms with Gasteiger partial charge in [0.2, 0.25) is 0 Å². The zero-order valence-corrected chi connectivity index (χ0v) is 17.9. The quantitative estimate of drug-likeness (QED) is 0.427. The number of H-pyrrole nitrogens is 1. The third kappa shape index (κ3) is 3.20. The van der Waals surface area contributed by atoms with Crippen LogP contribution in [-0.4, -0.2) is 28.7 Å². The molecule has 2 aromatic carbocycles. The van der Waals surface area contributed by atoms with Gasteiger partial charge in [-0.15, -0.1) is 11.3 Å². The summed E-state index contributed by atoms with van der Waals surface area (Å²) in [6.45, 7) is 2.01. The van der Waals surface area contributed by atoms with Crippen LogP contribution in [-0.2, 0) is 4.74 Å². The van der Waals surface area contributed by atoms with Crippen LogP contribution in [0.1, 0.15) is 44.9 Å². The Kier molecular flexibility index (Phi) is 5.07. The van der Waals surface area contributed by atoms with Gasteiger partial charge in [0.25, 0.3) is 5.91 Å². The van der Waals surface area contributed by atoms with E-state index in [2.05, 4.69) is 10.2 Å². The molecule has 0 radical (unpaired) electrons. The molecule has 1 aliphatic heterocycles. The smallest absolute Gasteiger partial charge is 0.338 e. The van der Waals surface area contributed by atoms with E-state index in [1.165, 1.54) is 22.3 Å². The van der Waals surface area contributed by atoms with Crippen molar-refractivity contribution < 1.29 is 18.7 Å². The van der Waals surface area contributed by atoms with Crippen LogP contribution in [0.3, 0.4) is 0 Å². The maximum absolute atomic E-state index is 15.0. The van der Waals surface area contributed by atoms with Crippen molar-refractivity contribution in [3.8, 4) is 10.6 Å². The summed E-state index contributed by atoms with van der Waals surface area (Å²) in [6.07, 6.45) is 0. The molecule has 0 bridgehead atoms. The number of anilines is 1. The molecular weight excluding hydrogens is 429 g/mol. The Labute approximate surface area is 187 Å². The zero-order valence-electron chi connectivity index (χ0n) is 17.0. The van der Waals surface area contributed by atoms with Gasteiger partial charge in [-0.2, -0.15) is 5.10 Å². The number of rotatable bonds is 5. The number of halogens is 1. The number of amides is 1. The Morgan fingerprint density at radius 3 is 2.62 bits per heavy atom. The molecule has 1 atom stereocenters. The highest BCUT2D eigenvalue weighted by Gasteiger charge is 2.44. The Morgan fingerprint density at radius 2 is 1.94 bits per heavy atom. The second-order valence-electron chi connectivity index (χ2n) is 7.20. The molecule has 0 saturated carbocycles. The molecule has 0 saturated heterocycles. The van der Waals surface area contributed by atoms with Gasteiger partial charge in [0.15, 0.2) is 5.69 Å². The number of nitrogens with one attached hydrogen (secondary N) is 1. The average molecular weight is 447 g/mol. The van der Waals surface area contributed by atoms with Crippen molar-refractivity contribution in [2.75, 3.05) is 11.5 Å². The van der Waals surface area contributed by atoms with Crippen molar-refractivity contribution in [2.24, 2.45) is 0 Å². The largest absolute Gasteiger partial charge is 0.462 e. The van der Waals surface area contributed by atoms with E-state index in [1.807, 2.05) is 17.5 Å². The van der Waals surface area contributed by atoms with Crippen molar-refractivity contribution in [1.82, 2.24) is 10.2 Å². The van der Waals surface area contributed by atoms with E-state index < -0.39 is 17.8 Å². The summed E-state index contributed by atoms with van der Waals surface area (Å²) < 4.78 is 20.0. The molecule has 8 heteroatoms. The van der Waals surface area contributed by atoms with Gasteiger partial charge in [0.05, 0.1) is 28.8 Å². The lowest BCUT2D eigenvalue weighted by Crippen LogP contribution is -2.29.